The topological polar surface area (TPSA) is 60.9 Å². The van der Waals surface area contributed by atoms with Crippen LogP contribution in [-0.2, 0) is 27.9 Å². The van der Waals surface area contributed by atoms with Crippen LogP contribution < -0.4 is 4.90 Å². The quantitative estimate of drug-likeness (QED) is 0.171. The van der Waals surface area contributed by atoms with Crippen molar-refractivity contribution in [2.24, 2.45) is 0 Å². The summed E-state index contributed by atoms with van der Waals surface area (Å²) in [6.45, 7) is 7.11. The molecule has 2 heterocycles. The Balaban J connectivity index is 1.46. The summed E-state index contributed by atoms with van der Waals surface area (Å²) in [5.41, 5.74) is 3.67. The Labute approximate surface area is 262 Å². The Hall–Kier alpha value is -3.08. The molecule has 226 valence electrons. The molecule has 0 bridgehead atoms. The van der Waals surface area contributed by atoms with Gasteiger partial charge in [-0.15, -0.1) is 11.3 Å². The van der Waals surface area contributed by atoms with Gasteiger partial charge in [0.2, 0.25) is 5.91 Å². The van der Waals surface area contributed by atoms with Crippen molar-refractivity contribution in [3.8, 4) is 11.1 Å². The third-order valence-corrected chi connectivity index (χ3v) is 11.5. The van der Waals surface area contributed by atoms with Crippen molar-refractivity contribution < 1.29 is 17.6 Å². The van der Waals surface area contributed by atoms with E-state index in [9.17, 15) is 13.2 Å². The van der Waals surface area contributed by atoms with Gasteiger partial charge in [0.25, 0.3) is 10.0 Å². The maximum atomic E-state index is 15.8. The van der Waals surface area contributed by atoms with Crippen LogP contribution in [0.4, 0.5) is 10.1 Å². The van der Waals surface area contributed by atoms with Gasteiger partial charge >= 0.3 is 0 Å². The summed E-state index contributed by atoms with van der Waals surface area (Å²) >= 11 is 7.04. The van der Waals surface area contributed by atoms with E-state index in [1.807, 2.05) is 54.6 Å². The fourth-order valence-corrected chi connectivity index (χ4v) is 8.77. The SMILES string of the molecule is CCN(CC)Cc1ccccc1-c1ccc(N2CCCC(N(Cc3ccccc3)S(=O)(=O)c3ccc(Cl)s3)C2=O)c(F)c1. The summed E-state index contributed by atoms with van der Waals surface area (Å²) in [5.74, 6) is -0.964. The summed E-state index contributed by atoms with van der Waals surface area (Å²) in [6.07, 6.45) is 0.856. The van der Waals surface area contributed by atoms with Crippen LogP contribution >= 0.6 is 22.9 Å². The molecule has 0 spiro atoms. The fourth-order valence-electron chi connectivity index (χ4n) is 5.56. The molecule has 1 aliphatic heterocycles. The molecule has 1 aliphatic rings. The predicted octanol–water partition coefficient (Wildman–Crippen LogP) is 7.44. The lowest BCUT2D eigenvalue weighted by Gasteiger charge is -2.37. The Kier molecular flexibility index (Phi) is 9.99. The average molecular weight is 640 g/mol. The van der Waals surface area contributed by atoms with E-state index in [0.29, 0.717) is 23.7 Å². The molecule has 5 rings (SSSR count). The standard InChI is InChI=1S/C33H35ClFN3O3S2/c1-3-36(4-2)23-26-13-8-9-14-27(26)25-16-17-29(28(35)21-25)37-20-10-15-30(33(37)39)38(22-24-11-6-5-7-12-24)43(40,41)32-19-18-31(34)42-32/h5-9,11-14,16-19,21,30H,3-4,10,15,20,22-23H2,1-2H3. The zero-order valence-corrected chi connectivity index (χ0v) is 26.6. The molecule has 4 aromatic rings. The van der Waals surface area contributed by atoms with Crippen molar-refractivity contribution in [1.29, 1.82) is 0 Å². The van der Waals surface area contributed by atoms with Gasteiger partial charge in [-0.2, -0.15) is 4.31 Å². The monoisotopic (exact) mass is 639 g/mol. The number of benzene rings is 3. The van der Waals surface area contributed by atoms with Crippen LogP contribution in [0, 0.1) is 5.82 Å². The van der Waals surface area contributed by atoms with Crippen molar-refractivity contribution in [3.63, 3.8) is 0 Å². The number of anilines is 1. The van der Waals surface area contributed by atoms with Gasteiger partial charge in [0.05, 0.1) is 10.0 Å². The van der Waals surface area contributed by atoms with Crippen LogP contribution in [0.1, 0.15) is 37.8 Å². The smallest absolute Gasteiger partial charge is 0.253 e. The molecule has 0 radical (unpaired) electrons. The maximum Gasteiger partial charge on any atom is 0.253 e. The minimum absolute atomic E-state index is 0.00762. The van der Waals surface area contributed by atoms with E-state index in [2.05, 4.69) is 24.8 Å². The number of rotatable bonds is 11. The largest absolute Gasteiger partial charge is 0.308 e. The van der Waals surface area contributed by atoms with Crippen molar-refractivity contribution in [2.45, 2.75) is 50.0 Å². The second kappa shape index (κ2) is 13.7. The molecule has 3 aromatic carbocycles. The van der Waals surface area contributed by atoms with Crippen LogP contribution in [0.2, 0.25) is 4.34 Å². The molecular formula is C33H35ClFN3O3S2. The third-order valence-electron chi connectivity index (χ3n) is 7.91. The lowest BCUT2D eigenvalue weighted by Crippen LogP contribution is -2.54. The minimum atomic E-state index is -4.07. The molecule has 1 saturated heterocycles. The molecule has 0 aliphatic carbocycles. The van der Waals surface area contributed by atoms with Gasteiger partial charge in [-0.3, -0.25) is 9.69 Å². The lowest BCUT2D eigenvalue weighted by molar-refractivity contribution is -0.123. The van der Waals surface area contributed by atoms with Gasteiger partial charge in [-0.1, -0.05) is 86.1 Å². The molecule has 1 aromatic heterocycles. The van der Waals surface area contributed by atoms with Crippen LogP contribution in [0.25, 0.3) is 11.1 Å². The van der Waals surface area contributed by atoms with E-state index in [0.717, 1.165) is 53.2 Å². The number of hydrogen-bond donors (Lipinski definition) is 0. The van der Waals surface area contributed by atoms with Gasteiger partial charge in [-0.25, -0.2) is 12.8 Å². The van der Waals surface area contributed by atoms with E-state index < -0.39 is 27.8 Å². The normalized spacial score (nSPS) is 15.9. The number of sulfonamides is 1. The highest BCUT2D eigenvalue weighted by molar-refractivity contribution is 7.91. The molecule has 1 amide bonds. The first-order chi connectivity index (χ1) is 20.7. The fraction of sp³-hybridized carbons (Fsp3) is 0.303. The number of carbonyl (C=O) groups excluding carboxylic acids is 1. The number of piperidine rings is 1. The van der Waals surface area contributed by atoms with Crippen molar-refractivity contribution in [2.75, 3.05) is 24.5 Å². The lowest BCUT2D eigenvalue weighted by atomic mass is 9.98. The Bertz CT molecular complexity index is 1680. The highest BCUT2D eigenvalue weighted by atomic mass is 35.5. The molecule has 10 heteroatoms. The number of thiophene rings is 1. The van der Waals surface area contributed by atoms with E-state index in [1.165, 1.54) is 27.4 Å². The summed E-state index contributed by atoms with van der Waals surface area (Å²) in [4.78, 5) is 17.7. The predicted molar refractivity (Wildman–Crippen MR) is 172 cm³/mol. The van der Waals surface area contributed by atoms with Crippen LogP contribution in [0.3, 0.4) is 0 Å². The zero-order valence-electron chi connectivity index (χ0n) is 24.2. The van der Waals surface area contributed by atoms with Crippen molar-refractivity contribution >= 4 is 44.6 Å². The Morgan fingerprint density at radius 2 is 1.67 bits per heavy atom. The van der Waals surface area contributed by atoms with Gasteiger partial charge in [0, 0.05) is 19.6 Å². The highest BCUT2D eigenvalue weighted by Gasteiger charge is 2.41. The molecular weight excluding hydrogens is 605 g/mol. The maximum absolute atomic E-state index is 15.8. The third kappa shape index (κ3) is 6.86. The summed E-state index contributed by atoms with van der Waals surface area (Å²) < 4.78 is 45.3. The van der Waals surface area contributed by atoms with E-state index in [1.54, 1.807) is 6.07 Å². The van der Waals surface area contributed by atoms with Gasteiger partial charge in [-0.05, 0) is 72.5 Å². The summed E-state index contributed by atoms with van der Waals surface area (Å²) in [6, 6.07) is 24.1. The zero-order chi connectivity index (χ0) is 30.6. The first kappa shape index (κ1) is 31.3. The molecule has 1 fully saturated rings. The molecule has 6 nitrogen and oxygen atoms in total. The number of halogens is 2. The minimum Gasteiger partial charge on any atom is -0.308 e. The summed E-state index contributed by atoms with van der Waals surface area (Å²) in [5, 5.41) is 0. The second-order valence-electron chi connectivity index (χ2n) is 10.5. The number of amides is 1. The molecule has 1 unspecified atom stereocenters. The highest BCUT2D eigenvalue weighted by Crippen LogP contribution is 2.35. The molecule has 43 heavy (non-hydrogen) atoms. The van der Waals surface area contributed by atoms with E-state index >= 15 is 4.39 Å². The van der Waals surface area contributed by atoms with Gasteiger partial charge < -0.3 is 4.90 Å². The van der Waals surface area contributed by atoms with Crippen molar-refractivity contribution in [1.82, 2.24) is 9.21 Å². The van der Waals surface area contributed by atoms with E-state index in [4.69, 9.17) is 11.6 Å². The first-order valence-corrected chi connectivity index (χ1v) is 17.1. The summed E-state index contributed by atoms with van der Waals surface area (Å²) in [7, 11) is -4.07. The Morgan fingerprint density at radius 3 is 2.35 bits per heavy atom. The second-order valence-corrected chi connectivity index (χ2v) is 14.4. The molecule has 1 atom stereocenters. The Morgan fingerprint density at radius 1 is 0.953 bits per heavy atom. The van der Waals surface area contributed by atoms with Crippen molar-refractivity contribution in [3.05, 3.63) is 106 Å². The van der Waals surface area contributed by atoms with Gasteiger partial charge in [0.1, 0.15) is 16.1 Å². The van der Waals surface area contributed by atoms with Crippen LogP contribution in [0.15, 0.2) is 89.1 Å². The van der Waals surface area contributed by atoms with Gasteiger partial charge in [0.15, 0.2) is 0 Å². The number of nitrogens with zero attached hydrogens (tertiary/aromatic N) is 3. The van der Waals surface area contributed by atoms with E-state index in [-0.39, 0.29) is 16.4 Å². The number of hydrogen-bond acceptors (Lipinski definition) is 5. The first-order valence-electron chi connectivity index (χ1n) is 14.5. The van der Waals surface area contributed by atoms with Crippen LogP contribution in [0.5, 0.6) is 0 Å². The van der Waals surface area contributed by atoms with Crippen LogP contribution in [-0.4, -0.2) is 49.2 Å². The number of carbonyl (C=O) groups is 1. The molecule has 0 saturated carbocycles. The average Bonchev–Trinajstić information content (AvgIpc) is 3.47. The molecule has 0 N–H and O–H groups in total.